The minimum absolute atomic E-state index is 0.136. The summed E-state index contributed by atoms with van der Waals surface area (Å²) >= 11 is 0. The van der Waals surface area contributed by atoms with Gasteiger partial charge in [-0.2, -0.15) is 0 Å². The Morgan fingerprint density at radius 1 is 0.444 bits per heavy atom. The van der Waals surface area contributed by atoms with Crippen LogP contribution >= 0.6 is 7.92 Å². The van der Waals surface area contributed by atoms with Gasteiger partial charge in [-0.05, 0) is 25.2 Å². The van der Waals surface area contributed by atoms with Gasteiger partial charge in [-0.3, -0.25) is 0 Å². The summed E-state index contributed by atoms with van der Waals surface area (Å²) in [5.41, 5.74) is 0. The average Bonchev–Trinajstić information content (AvgIpc) is 2.69. The molecule has 0 aromatic heterocycles. The van der Waals surface area contributed by atoms with Crippen LogP contribution in [0, 0.1) is 0 Å². The van der Waals surface area contributed by atoms with E-state index in [9.17, 15) is 0 Å². The number of hydrogen-bond acceptors (Lipinski definition) is 0. The van der Waals surface area contributed by atoms with Crippen molar-refractivity contribution in [2.24, 2.45) is 0 Å². The number of hydrogen-bond donors (Lipinski definition) is 0. The van der Waals surface area contributed by atoms with Gasteiger partial charge in [0.15, 0.2) is 0 Å². The van der Waals surface area contributed by atoms with Crippen LogP contribution in [-0.2, 0) is 0 Å². The topological polar surface area (TPSA) is 0 Å². The smallest absolute Gasteiger partial charge is 0.0291 e. The average molecular weight is 397 g/mol. The second-order valence-corrected chi connectivity index (χ2v) is 11.0. The van der Waals surface area contributed by atoms with Crippen molar-refractivity contribution in [2.45, 2.75) is 142 Å². The lowest BCUT2D eigenvalue weighted by Gasteiger charge is -2.13. The fraction of sp³-hybridized carbons (Fsp3) is 0.923. The van der Waals surface area contributed by atoms with Crippen molar-refractivity contribution in [1.29, 1.82) is 0 Å². The predicted molar refractivity (Wildman–Crippen MR) is 131 cm³/mol. The van der Waals surface area contributed by atoms with Gasteiger partial charge >= 0.3 is 0 Å². The van der Waals surface area contributed by atoms with Gasteiger partial charge in [0.05, 0.1) is 0 Å². The van der Waals surface area contributed by atoms with Gasteiger partial charge in [-0.25, -0.2) is 0 Å². The second-order valence-electron chi connectivity index (χ2n) is 8.58. The molecule has 0 saturated carbocycles. The zero-order valence-corrected chi connectivity index (χ0v) is 20.2. The van der Waals surface area contributed by atoms with Crippen molar-refractivity contribution >= 4 is 7.92 Å². The Morgan fingerprint density at radius 2 is 0.704 bits per heavy atom. The normalized spacial score (nSPS) is 11.4. The molecule has 0 aliphatic heterocycles. The van der Waals surface area contributed by atoms with Crippen LogP contribution in [0.25, 0.3) is 0 Å². The van der Waals surface area contributed by atoms with Crippen LogP contribution in [0.3, 0.4) is 0 Å². The zero-order chi connectivity index (χ0) is 19.8. The second kappa shape index (κ2) is 24.2. The third-order valence-corrected chi connectivity index (χ3v) is 8.15. The predicted octanol–water partition coefficient (Wildman–Crippen LogP) is 10.5. The van der Waals surface area contributed by atoms with Gasteiger partial charge in [-0.1, -0.05) is 150 Å². The molecule has 27 heavy (non-hydrogen) atoms. The van der Waals surface area contributed by atoms with E-state index in [1.807, 2.05) is 0 Å². The Balaban J connectivity index is 3.29. The van der Waals surface area contributed by atoms with Gasteiger partial charge in [-0.15, -0.1) is 0 Å². The summed E-state index contributed by atoms with van der Waals surface area (Å²) in [6, 6.07) is 0. The summed E-state index contributed by atoms with van der Waals surface area (Å²) in [7, 11) is 0.136. The first-order valence-corrected chi connectivity index (χ1v) is 14.5. The summed E-state index contributed by atoms with van der Waals surface area (Å²) in [6.45, 7) is 8.72. The maximum absolute atomic E-state index is 4.12. The molecule has 0 spiro atoms. The highest BCUT2D eigenvalue weighted by molar-refractivity contribution is 7.60. The molecule has 0 fully saturated rings. The van der Waals surface area contributed by atoms with Crippen LogP contribution in [-0.4, -0.2) is 12.3 Å². The van der Waals surface area contributed by atoms with Gasteiger partial charge < -0.3 is 0 Å². The molecule has 0 nitrogen and oxygen atoms in total. The molecule has 0 rings (SSSR count). The maximum atomic E-state index is 4.12. The third-order valence-electron chi connectivity index (χ3n) is 5.86. The van der Waals surface area contributed by atoms with Crippen LogP contribution in [0.2, 0.25) is 0 Å². The Morgan fingerprint density at radius 3 is 0.963 bits per heavy atom. The molecule has 0 radical (unpaired) electrons. The Hall–Kier alpha value is 0.170. The van der Waals surface area contributed by atoms with Crippen LogP contribution in [0.1, 0.15) is 142 Å². The lowest BCUT2D eigenvalue weighted by Crippen LogP contribution is -1.90. The first-order chi connectivity index (χ1) is 13.3. The van der Waals surface area contributed by atoms with Crippen molar-refractivity contribution in [1.82, 2.24) is 0 Å². The maximum Gasteiger partial charge on any atom is -0.0291 e. The zero-order valence-electron chi connectivity index (χ0n) is 19.3. The van der Waals surface area contributed by atoms with E-state index in [1.54, 1.807) is 0 Å². The Kier molecular flexibility index (Phi) is 24.4. The van der Waals surface area contributed by atoms with E-state index in [-0.39, 0.29) is 7.92 Å². The van der Waals surface area contributed by atoms with Crippen molar-refractivity contribution in [2.75, 3.05) is 12.3 Å². The summed E-state index contributed by atoms with van der Waals surface area (Å²) in [4.78, 5) is 0. The molecule has 0 atom stereocenters. The molecule has 0 unspecified atom stereocenters. The highest BCUT2D eigenvalue weighted by Crippen LogP contribution is 2.39. The molecule has 0 aromatic carbocycles. The third kappa shape index (κ3) is 22.3. The summed E-state index contributed by atoms with van der Waals surface area (Å²) in [5, 5.41) is 0. The molecule has 0 bridgehead atoms. The monoisotopic (exact) mass is 396 g/mol. The molecule has 1 heteroatoms. The molecule has 0 saturated heterocycles. The quantitative estimate of drug-likeness (QED) is 0.119. The number of unbranched alkanes of at least 4 members (excludes halogenated alkanes) is 18. The standard InChI is InChI=1S/C26H53P/c1-4-7-9-11-13-15-17-19-21-23-25-27(6-3)26-24-22-20-18-16-14-12-10-8-5-2/h6H,3-5,7-26H2,1-2H3. The van der Waals surface area contributed by atoms with Gasteiger partial charge in [0.1, 0.15) is 0 Å². The lowest BCUT2D eigenvalue weighted by atomic mass is 10.1. The molecule has 0 N–H and O–H groups in total. The Labute approximate surface area is 175 Å². The van der Waals surface area contributed by atoms with Crippen LogP contribution in [0.15, 0.2) is 12.4 Å². The van der Waals surface area contributed by atoms with Crippen molar-refractivity contribution < 1.29 is 0 Å². The molecule has 0 aromatic rings. The Bertz CT molecular complexity index is 249. The largest absolute Gasteiger partial charge is 0.0986 e. The number of rotatable bonds is 23. The van der Waals surface area contributed by atoms with E-state index >= 15 is 0 Å². The highest BCUT2D eigenvalue weighted by Gasteiger charge is 2.03. The van der Waals surface area contributed by atoms with Crippen LogP contribution in [0.4, 0.5) is 0 Å². The van der Waals surface area contributed by atoms with Gasteiger partial charge in [0.25, 0.3) is 0 Å². The molecule has 0 aliphatic carbocycles. The van der Waals surface area contributed by atoms with Gasteiger partial charge in [0, 0.05) is 0 Å². The van der Waals surface area contributed by atoms with E-state index in [0.29, 0.717) is 0 Å². The summed E-state index contributed by atoms with van der Waals surface area (Å²) < 4.78 is 0. The van der Waals surface area contributed by atoms with Gasteiger partial charge in [0.2, 0.25) is 0 Å². The fourth-order valence-corrected chi connectivity index (χ4v) is 5.75. The minimum atomic E-state index is 0.136. The first-order valence-electron chi connectivity index (χ1n) is 12.7. The molecule has 0 heterocycles. The minimum Gasteiger partial charge on any atom is -0.0986 e. The van der Waals surface area contributed by atoms with E-state index in [0.717, 1.165) is 0 Å². The molecular weight excluding hydrogens is 343 g/mol. The molecule has 0 aliphatic rings. The van der Waals surface area contributed by atoms with Crippen molar-refractivity contribution in [3.63, 3.8) is 0 Å². The summed E-state index contributed by atoms with van der Waals surface area (Å²) in [6.07, 6.45) is 31.9. The molecular formula is C26H53P. The van der Waals surface area contributed by atoms with E-state index in [1.165, 1.54) is 141 Å². The van der Waals surface area contributed by atoms with E-state index in [2.05, 4.69) is 26.2 Å². The lowest BCUT2D eigenvalue weighted by molar-refractivity contribution is 0.561. The van der Waals surface area contributed by atoms with E-state index in [4.69, 9.17) is 0 Å². The van der Waals surface area contributed by atoms with E-state index < -0.39 is 0 Å². The van der Waals surface area contributed by atoms with Crippen molar-refractivity contribution in [3.8, 4) is 0 Å². The van der Waals surface area contributed by atoms with Crippen LogP contribution < -0.4 is 0 Å². The highest BCUT2D eigenvalue weighted by atomic mass is 31.1. The first kappa shape index (κ1) is 27.2. The fourth-order valence-electron chi connectivity index (χ4n) is 3.90. The molecule has 162 valence electrons. The SMILES string of the molecule is C=CP(CCCCCCCCCCCC)CCCCCCCCCCCC. The molecule has 0 amide bonds. The summed E-state index contributed by atoms with van der Waals surface area (Å²) in [5.74, 6) is 2.30. The van der Waals surface area contributed by atoms with Crippen molar-refractivity contribution in [3.05, 3.63) is 12.4 Å². The van der Waals surface area contributed by atoms with Crippen LogP contribution in [0.5, 0.6) is 0 Å².